The molecule has 2 fully saturated rings. The van der Waals surface area contributed by atoms with Crippen molar-refractivity contribution >= 4 is 11.9 Å². The number of H-pyrrole nitrogens is 1. The monoisotopic (exact) mass is 416 g/mol. The predicted octanol–water partition coefficient (Wildman–Crippen LogP) is 2.04. The van der Waals surface area contributed by atoms with Crippen LogP contribution in [0.4, 0.5) is 10.3 Å². The van der Waals surface area contributed by atoms with Crippen LogP contribution >= 0.6 is 0 Å². The van der Waals surface area contributed by atoms with Crippen LogP contribution in [0.5, 0.6) is 5.75 Å². The molecule has 2 N–H and O–H groups in total. The van der Waals surface area contributed by atoms with E-state index in [0.717, 1.165) is 25.7 Å². The SMILES string of the molecule is CN(Cc1ccc(F)cc1)C(=O)c1nc(N2CCOC3(CCCC3)C2)[nH]c(=O)c1O. The van der Waals surface area contributed by atoms with E-state index in [-0.39, 0.29) is 29.6 Å². The summed E-state index contributed by atoms with van der Waals surface area (Å²) in [4.78, 5) is 35.4. The van der Waals surface area contributed by atoms with Crippen LogP contribution in [0.1, 0.15) is 41.7 Å². The quantitative estimate of drug-likeness (QED) is 0.792. The highest BCUT2D eigenvalue weighted by Crippen LogP contribution is 2.36. The van der Waals surface area contributed by atoms with Crippen molar-refractivity contribution in [2.45, 2.75) is 37.8 Å². The lowest BCUT2D eigenvalue weighted by atomic mass is 10.00. The predicted molar refractivity (Wildman–Crippen MR) is 108 cm³/mol. The minimum absolute atomic E-state index is 0.184. The van der Waals surface area contributed by atoms with Gasteiger partial charge < -0.3 is 19.6 Å². The Morgan fingerprint density at radius 3 is 2.73 bits per heavy atom. The maximum Gasteiger partial charge on any atom is 0.295 e. The molecule has 0 radical (unpaired) electrons. The fourth-order valence-electron chi connectivity index (χ4n) is 4.22. The summed E-state index contributed by atoms with van der Waals surface area (Å²) in [6.07, 6.45) is 4.12. The largest absolute Gasteiger partial charge is 0.501 e. The zero-order valence-corrected chi connectivity index (χ0v) is 16.9. The Kier molecular flexibility index (Phi) is 5.46. The lowest BCUT2D eigenvalue weighted by Crippen LogP contribution is -2.51. The van der Waals surface area contributed by atoms with Gasteiger partial charge >= 0.3 is 0 Å². The van der Waals surface area contributed by atoms with Crippen LogP contribution < -0.4 is 10.5 Å². The van der Waals surface area contributed by atoms with E-state index in [9.17, 15) is 19.1 Å². The van der Waals surface area contributed by atoms with Gasteiger partial charge in [0.1, 0.15) is 5.82 Å². The van der Waals surface area contributed by atoms with Crippen molar-refractivity contribution in [3.63, 3.8) is 0 Å². The van der Waals surface area contributed by atoms with Gasteiger partial charge in [-0.15, -0.1) is 0 Å². The number of morpholine rings is 1. The smallest absolute Gasteiger partial charge is 0.295 e. The van der Waals surface area contributed by atoms with E-state index in [1.165, 1.54) is 24.1 Å². The fraction of sp³-hybridized carbons (Fsp3) is 0.476. The van der Waals surface area contributed by atoms with Gasteiger partial charge in [-0.2, -0.15) is 0 Å². The number of hydrogen-bond donors (Lipinski definition) is 2. The van der Waals surface area contributed by atoms with Crippen LogP contribution in [0.3, 0.4) is 0 Å². The van der Waals surface area contributed by atoms with Crippen molar-refractivity contribution < 1.29 is 19.0 Å². The first-order valence-corrected chi connectivity index (χ1v) is 10.1. The molecule has 160 valence electrons. The summed E-state index contributed by atoms with van der Waals surface area (Å²) in [5, 5.41) is 10.2. The average molecular weight is 416 g/mol. The summed E-state index contributed by atoms with van der Waals surface area (Å²) < 4.78 is 19.1. The molecule has 1 aromatic carbocycles. The first-order chi connectivity index (χ1) is 14.4. The Bertz CT molecular complexity index is 985. The molecule has 9 heteroatoms. The highest BCUT2D eigenvalue weighted by molar-refractivity contribution is 5.94. The number of hydrogen-bond acceptors (Lipinski definition) is 6. The third-order valence-corrected chi connectivity index (χ3v) is 5.83. The number of nitrogens with one attached hydrogen (secondary N) is 1. The third kappa shape index (κ3) is 4.02. The Labute approximate surface area is 173 Å². The van der Waals surface area contributed by atoms with Gasteiger partial charge in [-0.1, -0.05) is 25.0 Å². The van der Waals surface area contributed by atoms with E-state index < -0.39 is 17.2 Å². The van der Waals surface area contributed by atoms with Crippen molar-refractivity contribution in [1.82, 2.24) is 14.9 Å². The number of aromatic amines is 1. The molecule has 1 aromatic heterocycles. The number of carbonyl (C=O) groups is 1. The van der Waals surface area contributed by atoms with Gasteiger partial charge in [-0.25, -0.2) is 9.37 Å². The van der Waals surface area contributed by atoms with Crippen LogP contribution in [0.15, 0.2) is 29.1 Å². The molecule has 0 atom stereocenters. The van der Waals surface area contributed by atoms with E-state index in [1.54, 1.807) is 12.1 Å². The van der Waals surface area contributed by atoms with Crippen molar-refractivity contribution in [3.8, 4) is 5.75 Å². The van der Waals surface area contributed by atoms with Gasteiger partial charge in [-0.05, 0) is 30.5 Å². The summed E-state index contributed by atoms with van der Waals surface area (Å²) in [6.45, 7) is 1.82. The molecule has 8 nitrogen and oxygen atoms in total. The van der Waals surface area contributed by atoms with Gasteiger partial charge in [0, 0.05) is 26.7 Å². The minimum Gasteiger partial charge on any atom is -0.501 e. The molecule has 30 heavy (non-hydrogen) atoms. The van der Waals surface area contributed by atoms with Gasteiger partial charge in [0.2, 0.25) is 11.7 Å². The molecule has 0 bridgehead atoms. The summed E-state index contributed by atoms with van der Waals surface area (Å²) in [6, 6.07) is 5.77. The van der Waals surface area contributed by atoms with Gasteiger partial charge in [0.25, 0.3) is 11.5 Å². The standard InChI is InChI=1S/C21H25FN4O4/c1-25(12-14-4-6-15(22)7-5-14)19(29)16-17(27)18(28)24-20(23-16)26-10-11-30-21(13-26)8-2-3-9-21/h4-7,27H,2-3,8-13H2,1H3,(H,23,24,28). The molecule has 2 aromatic rings. The van der Waals surface area contributed by atoms with Gasteiger partial charge in [0.15, 0.2) is 5.69 Å². The summed E-state index contributed by atoms with van der Waals surface area (Å²) >= 11 is 0. The lowest BCUT2D eigenvalue weighted by Gasteiger charge is -2.40. The molecule has 1 aliphatic carbocycles. The zero-order chi connectivity index (χ0) is 21.3. The Balaban J connectivity index is 1.57. The summed E-state index contributed by atoms with van der Waals surface area (Å²) in [7, 11) is 1.54. The minimum atomic E-state index is -0.759. The fourth-order valence-corrected chi connectivity index (χ4v) is 4.22. The molecule has 0 unspecified atom stereocenters. The molecule has 4 rings (SSSR count). The second-order valence-electron chi connectivity index (χ2n) is 8.03. The molecule has 1 amide bonds. The van der Waals surface area contributed by atoms with Crippen LogP contribution in [-0.2, 0) is 11.3 Å². The number of amides is 1. The summed E-state index contributed by atoms with van der Waals surface area (Å²) in [5.74, 6) is -1.41. The van der Waals surface area contributed by atoms with Gasteiger partial charge in [-0.3, -0.25) is 14.6 Å². The maximum atomic E-state index is 13.1. The molecule has 2 heterocycles. The third-order valence-electron chi connectivity index (χ3n) is 5.83. The summed E-state index contributed by atoms with van der Waals surface area (Å²) in [5.41, 5.74) is -0.581. The van der Waals surface area contributed by atoms with Crippen molar-refractivity contribution in [1.29, 1.82) is 0 Å². The van der Waals surface area contributed by atoms with Crippen LogP contribution in [0.2, 0.25) is 0 Å². The number of nitrogens with zero attached hydrogens (tertiary/aromatic N) is 3. The van der Waals surface area contributed by atoms with E-state index in [2.05, 4.69) is 9.97 Å². The maximum absolute atomic E-state index is 13.1. The Morgan fingerprint density at radius 2 is 2.03 bits per heavy atom. The van der Waals surface area contributed by atoms with Gasteiger partial charge in [0.05, 0.1) is 12.2 Å². The number of anilines is 1. The van der Waals surface area contributed by atoms with E-state index in [4.69, 9.17) is 4.74 Å². The van der Waals surface area contributed by atoms with E-state index in [1.807, 2.05) is 4.90 Å². The van der Waals surface area contributed by atoms with Crippen LogP contribution in [0, 0.1) is 5.82 Å². The highest BCUT2D eigenvalue weighted by Gasteiger charge is 2.40. The van der Waals surface area contributed by atoms with E-state index in [0.29, 0.717) is 25.3 Å². The lowest BCUT2D eigenvalue weighted by molar-refractivity contribution is -0.0505. The topological polar surface area (TPSA) is 98.8 Å². The Morgan fingerprint density at radius 1 is 1.33 bits per heavy atom. The second kappa shape index (κ2) is 8.06. The molecule has 1 saturated carbocycles. The number of aromatic nitrogens is 2. The molecule has 1 spiro atoms. The number of aromatic hydroxyl groups is 1. The van der Waals surface area contributed by atoms with Crippen LogP contribution in [-0.4, -0.2) is 58.2 Å². The van der Waals surface area contributed by atoms with Crippen molar-refractivity contribution in [3.05, 3.63) is 51.7 Å². The molecule has 2 aliphatic rings. The number of benzene rings is 1. The van der Waals surface area contributed by atoms with Crippen LogP contribution in [0.25, 0.3) is 0 Å². The molecule has 1 saturated heterocycles. The Hall–Kier alpha value is -2.94. The number of ether oxygens (including phenoxy) is 1. The average Bonchev–Trinajstić information content (AvgIpc) is 3.18. The number of halogens is 1. The zero-order valence-electron chi connectivity index (χ0n) is 16.9. The van der Waals surface area contributed by atoms with E-state index >= 15 is 0 Å². The molecule has 1 aliphatic heterocycles. The molecular weight excluding hydrogens is 391 g/mol. The second-order valence-corrected chi connectivity index (χ2v) is 8.03. The highest BCUT2D eigenvalue weighted by atomic mass is 19.1. The number of rotatable bonds is 4. The number of carbonyl (C=O) groups excluding carboxylic acids is 1. The van der Waals surface area contributed by atoms with Crippen molar-refractivity contribution in [2.24, 2.45) is 0 Å². The first kappa shape index (κ1) is 20.3. The molecular formula is C21H25FN4O4. The first-order valence-electron chi connectivity index (χ1n) is 10.1. The normalized spacial score (nSPS) is 18.0. The van der Waals surface area contributed by atoms with Crippen molar-refractivity contribution in [2.75, 3.05) is 31.6 Å².